The maximum Gasteiger partial charge on any atom is 0.411 e. The molecule has 0 aliphatic carbocycles. The first-order chi connectivity index (χ1) is 15.1. The highest BCUT2D eigenvalue weighted by Gasteiger charge is 2.22. The number of amides is 2. The van der Waals surface area contributed by atoms with Gasteiger partial charge in [-0.1, -0.05) is 36.0 Å². The van der Waals surface area contributed by atoms with E-state index in [1.165, 1.54) is 16.8 Å². The van der Waals surface area contributed by atoms with Crippen molar-refractivity contribution in [3.63, 3.8) is 0 Å². The normalized spacial score (nSPS) is 13.4. The van der Waals surface area contributed by atoms with Crippen molar-refractivity contribution in [1.82, 2.24) is 10.3 Å². The largest absolute Gasteiger partial charge is 0.449 e. The summed E-state index contributed by atoms with van der Waals surface area (Å²) in [7, 11) is 1.84. The Kier molecular flexibility index (Phi) is 8.04. The van der Waals surface area contributed by atoms with E-state index in [9.17, 15) is 9.59 Å². The molecule has 0 fully saturated rings. The van der Waals surface area contributed by atoms with Crippen molar-refractivity contribution in [2.24, 2.45) is 5.10 Å². The zero-order valence-corrected chi connectivity index (χ0v) is 17.9. The lowest BCUT2D eigenvalue weighted by Gasteiger charge is -2.23. The minimum absolute atomic E-state index is 0. The number of hydrogen-bond acceptors (Lipinski definition) is 7. The number of hydrogen-bond donors (Lipinski definition) is 2. The molecule has 164 valence electrons. The van der Waals surface area contributed by atoms with Gasteiger partial charge in [-0.05, 0) is 55.4 Å². The number of nitrogens with zero attached hydrogens (tertiary/aromatic N) is 3. The molecule has 2 aromatic rings. The van der Waals surface area contributed by atoms with Crippen LogP contribution in [0.15, 0.2) is 53.6 Å². The van der Waals surface area contributed by atoms with Crippen LogP contribution < -0.4 is 10.6 Å². The minimum atomic E-state index is -0.515. The van der Waals surface area contributed by atoms with Gasteiger partial charge in [0.2, 0.25) is 0 Å². The first-order valence-corrected chi connectivity index (χ1v) is 10.8. The van der Waals surface area contributed by atoms with Crippen molar-refractivity contribution in [1.29, 1.82) is 5.26 Å². The third-order valence-electron chi connectivity index (χ3n) is 4.44. The number of rotatable bonds is 8. The summed E-state index contributed by atoms with van der Waals surface area (Å²) in [5.74, 6) is 0.474. The quantitative estimate of drug-likeness (QED) is 0.592. The molecular weight excluding hydrogens is 414 g/mol. The lowest BCUT2D eigenvalue weighted by Crippen LogP contribution is -2.29. The van der Waals surface area contributed by atoms with Gasteiger partial charge in [0.05, 0.1) is 30.5 Å². The number of nitriles is 1. The van der Waals surface area contributed by atoms with Gasteiger partial charge < -0.3 is 10.1 Å². The van der Waals surface area contributed by atoms with Crippen molar-refractivity contribution >= 4 is 34.5 Å². The molecule has 3 rings (SSSR count). The second-order valence-corrected chi connectivity index (χ2v) is 7.69. The average molecular weight is 442 g/mol. The van der Waals surface area contributed by atoms with Crippen LogP contribution in [0.5, 0.6) is 0 Å². The molecule has 1 heterocycles. The molecular formula is C22H27N5O3S. The predicted octanol–water partition coefficient (Wildman–Crippen LogP) is 4.28. The Morgan fingerprint density at radius 2 is 2.13 bits per heavy atom. The number of anilines is 1. The molecule has 8 nitrogen and oxygen atoms in total. The third kappa shape index (κ3) is 6.57. The number of benzene rings is 2. The lowest BCUT2D eigenvalue weighted by molar-refractivity contribution is 0.160. The zero-order chi connectivity index (χ0) is 22.1. The van der Waals surface area contributed by atoms with E-state index in [0.717, 1.165) is 29.8 Å². The summed E-state index contributed by atoms with van der Waals surface area (Å²) in [4.78, 5) is 24.3. The van der Waals surface area contributed by atoms with Gasteiger partial charge in [-0.25, -0.2) is 9.80 Å². The summed E-state index contributed by atoms with van der Waals surface area (Å²) in [5.41, 5.74) is 3.64. The first-order valence-electron chi connectivity index (χ1n) is 9.78. The number of hydrazone groups is 1. The lowest BCUT2D eigenvalue weighted by atomic mass is 10.1. The molecule has 1 aliphatic rings. The SMILES string of the molecule is CNCCCOC(=O)Nc1cccc(CN2N=C(c3ccc(C#N)cc3)CSC2=O)c1.[HH].[HH]. The van der Waals surface area contributed by atoms with E-state index in [4.69, 9.17) is 10.00 Å². The average Bonchev–Trinajstić information content (AvgIpc) is 2.78. The molecule has 0 spiro atoms. The fourth-order valence-corrected chi connectivity index (χ4v) is 3.63. The molecule has 0 saturated carbocycles. The molecule has 0 aromatic heterocycles. The summed E-state index contributed by atoms with van der Waals surface area (Å²) in [6.45, 7) is 1.38. The maximum absolute atomic E-state index is 12.4. The van der Waals surface area contributed by atoms with Crippen LogP contribution in [0.2, 0.25) is 0 Å². The Morgan fingerprint density at radius 3 is 2.87 bits per heavy atom. The van der Waals surface area contributed by atoms with E-state index >= 15 is 0 Å². The second kappa shape index (κ2) is 11.2. The summed E-state index contributed by atoms with van der Waals surface area (Å²) in [6.07, 6.45) is 0.220. The van der Waals surface area contributed by atoms with Gasteiger partial charge >= 0.3 is 11.3 Å². The van der Waals surface area contributed by atoms with Gasteiger partial charge in [0.1, 0.15) is 0 Å². The highest BCUT2D eigenvalue weighted by atomic mass is 32.2. The summed E-state index contributed by atoms with van der Waals surface area (Å²) < 4.78 is 5.13. The van der Waals surface area contributed by atoms with E-state index < -0.39 is 6.09 Å². The second-order valence-electron chi connectivity index (χ2n) is 6.77. The van der Waals surface area contributed by atoms with Crippen molar-refractivity contribution in [2.75, 3.05) is 31.3 Å². The third-order valence-corrected chi connectivity index (χ3v) is 5.32. The summed E-state index contributed by atoms with van der Waals surface area (Å²) in [6, 6.07) is 16.4. The van der Waals surface area contributed by atoms with Crippen LogP contribution in [0.3, 0.4) is 0 Å². The van der Waals surface area contributed by atoms with Gasteiger partial charge in [-0.3, -0.25) is 10.1 Å². The van der Waals surface area contributed by atoms with E-state index in [0.29, 0.717) is 23.6 Å². The van der Waals surface area contributed by atoms with Gasteiger partial charge in [0, 0.05) is 14.3 Å². The van der Waals surface area contributed by atoms with Gasteiger partial charge in [0.15, 0.2) is 0 Å². The Hall–Kier alpha value is -3.35. The molecule has 0 bridgehead atoms. The van der Waals surface area contributed by atoms with Crippen LogP contribution >= 0.6 is 11.8 Å². The Bertz CT molecular complexity index is 1010. The van der Waals surface area contributed by atoms with Crippen molar-refractivity contribution in [2.45, 2.75) is 13.0 Å². The summed E-state index contributed by atoms with van der Waals surface area (Å²) >= 11 is 1.18. The number of carbonyl (C=O) groups excluding carboxylic acids is 2. The first kappa shape index (κ1) is 22.3. The fraction of sp³-hybridized carbons (Fsp3) is 0.273. The fourth-order valence-electron chi connectivity index (χ4n) is 2.89. The van der Waals surface area contributed by atoms with E-state index in [1.807, 2.05) is 25.2 Å². The Labute approximate surface area is 188 Å². The van der Waals surface area contributed by atoms with Crippen molar-refractivity contribution in [3.05, 3.63) is 65.2 Å². The molecule has 0 saturated heterocycles. The van der Waals surface area contributed by atoms with E-state index in [1.54, 1.807) is 30.3 Å². The molecule has 31 heavy (non-hydrogen) atoms. The number of carbonyl (C=O) groups is 2. The number of nitrogens with one attached hydrogen (secondary N) is 2. The van der Waals surface area contributed by atoms with E-state index in [-0.39, 0.29) is 14.6 Å². The number of thioether (sulfide) groups is 1. The molecule has 1 aliphatic heterocycles. The summed E-state index contributed by atoms with van der Waals surface area (Å²) in [5, 5.41) is 20.4. The van der Waals surface area contributed by atoms with Gasteiger partial charge in [0.25, 0.3) is 0 Å². The van der Waals surface area contributed by atoms with Crippen molar-refractivity contribution in [3.8, 4) is 6.07 Å². The number of ether oxygens (including phenoxy) is 1. The van der Waals surface area contributed by atoms with Crippen LogP contribution in [-0.4, -0.2) is 48.0 Å². The highest BCUT2D eigenvalue weighted by Crippen LogP contribution is 2.23. The molecule has 0 unspecified atom stereocenters. The van der Waals surface area contributed by atoms with Crippen LogP contribution in [0.4, 0.5) is 15.3 Å². The van der Waals surface area contributed by atoms with Crippen molar-refractivity contribution < 1.29 is 17.2 Å². The van der Waals surface area contributed by atoms with Crippen LogP contribution in [-0.2, 0) is 11.3 Å². The van der Waals surface area contributed by atoms with Crippen LogP contribution in [0.25, 0.3) is 0 Å². The molecule has 2 amide bonds. The highest BCUT2D eigenvalue weighted by molar-refractivity contribution is 8.14. The molecule has 9 heteroatoms. The predicted molar refractivity (Wildman–Crippen MR) is 125 cm³/mol. The maximum atomic E-state index is 12.4. The Morgan fingerprint density at radius 1 is 1.32 bits per heavy atom. The van der Waals surface area contributed by atoms with Gasteiger partial charge in [-0.2, -0.15) is 10.4 Å². The van der Waals surface area contributed by atoms with Crippen LogP contribution in [0.1, 0.15) is 26.0 Å². The standard InChI is InChI=1S/C22H23N5O3S.2H2/c1-24-10-3-11-30-21(28)25-19-5-2-4-17(12-19)14-27-22(29)31-15-20(26-27)18-8-6-16(13-23)7-9-18;;/h2,4-9,12,24H,3,10-11,14-15H2,1H3,(H,25,28);2*1H. The molecule has 2 N–H and O–H groups in total. The molecule has 2 aromatic carbocycles. The van der Waals surface area contributed by atoms with Gasteiger partial charge in [-0.15, -0.1) is 0 Å². The minimum Gasteiger partial charge on any atom is -0.449 e. The Balaban J connectivity index is 0.00000272. The topological polar surface area (TPSA) is 107 Å². The molecule has 0 atom stereocenters. The monoisotopic (exact) mass is 441 g/mol. The van der Waals surface area contributed by atoms with Crippen LogP contribution in [0, 0.1) is 11.3 Å². The van der Waals surface area contributed by atoms with E-state index in [2.05, 4.69) is 21.8 Å². The smallest absolute Gasteiger partial charge is 0.411 e. The zero-order valence-electron chi connectivity index (χ0n) is 17.1. The molecule has 0 radical (unpaired) electrons.